The zero-order valence-corrected chi connectivity index (χ0v) is 11.7. The SMILES string of the molecule is Brc1cn(-c2ccc3c(c2)CNC3)c2ncncc12. The minimum atomic E-state index is 0.924. The third-order valence-corrected chi connectivity index (χ3v) is 4.15. The Morgan fingerprint density at radius 3 is 3.05 bits per heavy atom. The second kappa shape index (κ2) is 4.15. The molecule has 0 amide bonds. The standard InChI is InChI=1S/C14H11BrN4/c15-13-7-19(14-12(13)6-17-8-18-14)11-2-1-9-4-16-5-10(9)3-11/h1-3,6-8,16H,4-5H2. The van der Waals surface area contributed by atoms with Crippen LogP contribution in [0.1, 0.15) is 11.1 Å². The van der Waals surface area contributed by atoms with Crippen molar-refractivity contribution in [2.24, 2.45) is 0 Å². The van der Waals surface area contributed by atoms with E-state index in [1.807, 2.05) is 12.4 Å². The highest BCUT2D eigenvalue weighted by Gasteiger charge is 2.13. The lowest BCUT2D eigenvalue weighted by Gasteiger charge is -2.06. The largest absolute Gasteiger partial charge is 0.309 e. The quantitative estimate of drug-likeness (QED) is 0.751. The number of hydrogen-bond donors (Lipinski definition) is 1. The fraction of sp³-hybridized carbons (Fsp3) is 0.143. The van der Waals surface area contributed by atoms with E-state index in [4.69, 9.17) is 0 Å². The Bertz CT molecular complexity index is 778. The molecule has 1 aliphatic heterocycles. The van der Waals surface area contributed by atoms with Crippen molar-refractivity contribution >= 4 is 27.0 Å². The molecule has 3 aromatic rings. The fourth-order valence-corrected chi connectivity index (χ4v) is 3.04. The lowest BCUT2D eigenvalue weighted by atomic mass is 10.1. The maximum Gasteiger partial charge on any atom is 0.149 e. The van der Waals surface area contributed by atoms with E-state index in [1.165, 1.54) is 11.1 Å². The average Bonchev–Trinajstić information content (AvgIpc) is 3.03. The number of nitrogens with one attached hydrogen (secondary N) is 1. The maximum atomic E-state index is 4.38. The summed E-state index contributed by atoms with van der Waals surface area (Å²) >= 11 is 3.56. The molecule has 1 N–H and O–H groups in total. The van der Waals surface area contributed by atoms with Gasteiger partial charge in [0.25, 0.3) is 0 Å². The topological polar surface area (TPSA) is 42.7 Å². The van der Waals surface area contributed by atoms with E-state index in [2.05, 4.69) is 54.0 Å². The molecular weight excluding hydrogens is 304 g/mol. The Morgan fingerprint density at radius 1 is 1.21 bits per heavy atom. The van der Waals surface area contributed by atoms with Crippen molar-refractivity contribution in [3.8, 4) is 5.69 Å². The Kier molecular flexibility index (Phi) is 2.43. The number of nitrogens with zero attached hydrogens (tertiary/aromatic N) is 3. The Hall–Kier alpha value is -1.72. The summed E-state index contributed by atoms with van der Waals surface area (Å²) in [6.07, 6.45) is 5.46. The minimum Gasteiger partial charge on any atom is -0.309 e. The summed E-state index contributed by atoms with van der Waals surface area (Å²) in [5, 5.41) is 4.39. The fourth-order valence-electron chi connectivity index (χ4n) is 2.56. The number of benzene rings is 1. The van der Waals surface area contributed by atoms with Crippen LogP contribution in [0.3, 0.4) is 0 Å². The van der Waals surface area contributed by atoms with E-state index in [-0.39, 0.29) is 0 Å². The third-order valence-electron chi connectivity index (χ3n) is 3.52. The molecule has 4 nitrogen and oxygen atoms in total. The molecule has 0 atom stereocenters. The molecule has 0 bridgehead atoms. The molecule has 19 heavy (non-hydrogen) atoms. The molecule has 0 unspecified atom stereocenters. The molecular formula is C14H11BrN4. The van der Waals surface area contributed by atoms with E-state index in [0.29, 0.717) is 0 Å². The first kappa shape index (κ1) is 11.1. The summed E-state index contributed by atoms with van der Waals surface area (Å²) in [5.41, 5.74) is 4.81. The summed E-state index contributed by atoms with van der Waals surface area (Å²) in [6.45, 7) is 1.91. The van der Waals surface area contributed by atoms with Gasteiger partial charge in [-0.05, 0) is 39.2 Å². The minimum absolute atomic E-state index is 0.924. The van der Waals surface area contributed by atoms with Gasteiger partial charge in [0.05, 0.1) is 5.39 Å². The van der Waals surface area contributed by atoms with Crippen molar-refractivity contribution in [3.63, 3.8) is 0 Å². The predicted octanol–water partition coefficient (Wildman–Crippen LogP) is 2.79. The van der Waals surface area contributed by atoms with Gasteiger partial charge in [0, 0.05) is 35.6 Å². The molecule has 0 radical (unpaired) electrons. The van der Waals surface area contributed by atoms with E-state index >= 15 is 0 Å². The molecule has 2 aromatic heterocycles. The van der Waals surface area contributed by atoms with Crippen molar-refractivity contribution in [3.05, 3.63) is 52.5 Å². The zero-order chi connectivity index (χ0) is 12.8. The third kappa shape index (κ3) is 1.69. The van der Waals surface area contributed by atoms with Crippen LogP contribution in [0.25, 0.3) is 16.7 Å². The van der Waals surface area contributed by atoms with Gasteiger partial charge in [0.2, 0.25) is 0 Å². The predicted molar refractivity (Wildman–Crippen MR) is 77.1 cm³/mol. The number of rotatable bonds is 1. The van der Waals surface area contributed by atoms with E-state index in [0.717, 1.165) is 34.3 Å². The van der Waals surface area contributed by atoms with Crippen LogP contribution < -0.4 is 5.32 Å². The first-order chi connectivity index (χ1) is 9.33. The van der Waals surface area contributed by atoms with Crippen LogP contribution in [0.5, 0.6) is 0 Å². The van der Waals surface area contributed by atoms with Crippen molar-refractivity contribution in [2.75, 3.05) is 0 Å². The van der Waals surface area contributed by atoms with Crippen molar-refractivity contribution in [1.82, 2.24) is 19.9 Å². The van der Waals surface area contributed by atoms with Gasteiger partial charge in [-0.1, -0.05) is 6.07 Å². The first-order valence-corrected chi connectivity index (χ1v) is 6.92. The molecule has 4 rings (SSSR count). The van der Waals surface area contributed by atoms with Crippen LogP contribution in [0.2, 0.25) is 0 Å². The summed E-state index contributed by atoms with van der Waals surface area (Å²) in [6, 6.07) is 6.55. The monoisotopic (exact) mass is 314 g/mol. The summed E-state index contributed by atoms with van der Waals surface area (Å²) < 4.78 is 3.11. The van der Waals surface area contributed by atoms with E-state index < -0.39 is 0 Å². The van der Waals surface area contributed by atoms with Crippen LogP contribution >= 0.6 is 15.9 Å². The van der Waals surface area contributed by atoms with Gasteiger partial charge in [0.15, 0.2) is 0 Å². The summed E-state index contributed by atoms with van der Waals surface area (Å²) in [7, 11) is 0. The summed E-state index contributed by atoms with van der Waals surface area (Å²) in [5.74, 6) is 0. The highest BCUT2D eigenvalue weighted by molar-refractivity contribution is 9.10. The van der Waals surface area contributed by atoms with Crippen molar-refractivity contribution < 1.29 is 0 Å². The number of fused-ring (bicyclic) bond motifs is 2. The molecule has 0 fully saturated rings. The first-order valence-electron chi connectivity index (χ1n) is 6.12. The number of hydrogen-bond acceptors (Lipinski definition) is 3. The van der Waals surface area contributed by atoms with Crippen LogP contribution in [-0.4, -0.2) is 14.5 Å². The van der Waals surface area contributed by atoms with Gasteiger partial charge < -0.3 is 9.88 Å². The van der Waals surface area contributed by atoms with Gasteiger partial charge in [-0.2, -0.15) is 0 Å². The molecule has 0 saturated carbocycles. The molecule has 1 aliphatic rings. The lowest BCUT2D eigenvalue weighted by molar-refractivity contribution is 0.764. The maximum absolute atomic E-state index is 4.38. The van der Waals surface area contributed by atoms with Crippen molar-refractivity contribution in [1.29, 1.82) is 0 Å². The van der Waals surface area contributed by atoms with E-state index in [9.17, 15) is 0 Å². The second-order valence-corrected chi connectivity index (χ2v) is 5.52. The summed E-state index contributed by atoms with van der Waals surface area (Å²) in [4.78, 5) is 8.45. The molecule has 3 heterocycles. The van der Waals surface area contributed by atoms with Gasteiger partial charge in [-0.25, -0.2) is 9.97 Å². The van der Waals surface area contributed by atoms with E-state index in [1.54, 1.807) is 6.33 Å². The highest BCUT2D eigenvalue weighted by Crippen LogP contribution is 2.28. The van der Waals surface area contributed by atoms with Crippen LogP contribution in [0.15, 0.2) is 41.4 Å². The average molecular weight is 315 g/mol. The molecule has 0 saturated heterocycles. The smallest absolute Gasteiger partial charge is 0.149 e. The Labute approximate surface area is 118 Å². The Morgan fingerprint density at radius 2 is 2.11 bits per heavy atom. The van der Waals surface area contributed by atoms with Crippen LogP contribution in [-0.2, 0) is 13.1 Å². The Balaban J connectivity index is 1.95. The number of halogens is 1. The second-order valence-electron chi connectivity index (χ2n) is 4.66. The molecule has 5 heteroatoms. The van der Waals surface area contributed by atoms with Gasteiger partial charge >= 0.3 is 0 Å². The molecule has 0 spiro atoms. The highest BCUT2D eigenvalue weighted by atomic mass is 79.9. The molecule has 94 valence electrons. The normalized spacial score (nSPS) is 13.9. The van der Waals surface area contributed by atoms with Gasteiger partial charge in [-0.3, -0.25) is 0 Å². The lowest BCUT2D eigenvalue weighted by Crippen LogP contribution is -2.00. The zero-order valence-electron chi connectivity index (χ0n) is 10.1. The van der Waals surface area contributed by atoms with Gasteiger partial charge in [-0.15, -0.1) is 0 Å². The molecule has 1 aromatic carbocycles. The van der Waals surface area contributed by atoms with Crippen LogP contribution in [0.4, 0.5) is 0 Å². The number of aromatic nitrogens is 3. The van der Waals surface area contributed by atoms with Crippen LogP contribution in [0, 0.1) is 0 Å². The van der Waals surface area contributed by atoms with Crippen molar-refractivity contribution in [2.45, 2.75) is 13.1 Å². The molecule has 0 aliphatic carbocycles. The van der Waals surface area contributed by atoms with Gasteiger partial charge in [0.1, 0.15) is 12.0 Å².